The fourth-order valence-electron chi connectivity index (χ4n) is 9.50. The molecule has 4 heteroatoms. The lowest BCUT2D eigenvalue weighted by Crippen LogP contribution is -2.28. The third-order valence-electron chi connectivity index (χ3n) is 12.5. The second kappa shape index (κ2) is 14.7. The van der Waals surface area contributed by atoms with E-state index in [9.17, 15) is 0 Å². The van der Waals surface area contributed by atoms with Gasteiger partial charge in [0, 0.05) is 36.9 Å². The molecule has 0 unspecified atom stereocenters. The van der Waals surface area contributed by atoms with E-state index in [1.165, 1.54) is 64.7 Å². The van der Waals surface area contributed by atoms with E-state index in [4.69, 9.17) is 15.0 Å². The third-order valence-corrected chi connectivity index (χ3v) is 13.6. The molecule has 0 N–H and O–H groups in total. The number of fused-ring (bicyclic) bond motifs is 6. The van der Waals surface area contributed by atoms with Crippen molar-refractivity contribution in [2.45, 2.75) is 5.41 Å². The second-order valence-electron chi connectivity index (χ2n) is 15.9. The van der Waals surface area contributed by atoms with Crippen molar-refractivity contribution in [1.29, 1.82) is 0 Å². The summed E-state index contributed by atoms with van der Waals surface area (Å²) in [7, 11) is 0. The van der Waals surface area contributed by atoms with Crippen LogP contribution >= 0.6 is 11.3 Å². The van der Waals surface area contributed by atoms with Gasteiger partial charge in [0.1, 0.15) is 0 Å². The summed E-state index contributed by atoms with van der Waals surface area (Å²) in [6, 6.07) is 80.6. The van der Waals surface area contributed by atoms with E-state index in [0.717, 1.165) is 27.8 Å². The standard InChI is InChI=1S/C58H37N3S/c1-3-13-38(14-4-1)40-23-27-42(28-24-40)55-59-56(43-29-25-41(26-30-43)39-15-5-2-6-16-39)61-57(60-55)44-31-33-45(34-32-44)58(51-20-10-7-17-47(51)48-18-8-11-21-52(48)58)46-35-36-54-50(37-46)49-19-9-12-22-53(49)62-54/h1-37H. The van der Waals surface area contributed by atoms with Crippen LogP contribution in [-0.4, -0.2) is 15.0 Å². The van der Waals surface area contributed by atoms with Gasteiger partial charge >= 0.3 is 0 Å². The van der Waals surface area contributed by atoms with Gasteiger partial charge in [-0.1, -0.05) is 206 Å². The van der Waals surface area contributed by atoms with Gasteiger partial charge in [-0.05, 0) is 73.8 Å². The van der Waals surface area contributed by atoms with Crippen molar-refractivity contribution in [2.24, 2.45) is 0 Å². The molecule has 1 aliphatic rings. The van der Waals surface area contributed by atoms with Gasteiger partial charge in [-0.15, -0.1) is 11.3 Å². The SMILES string of the molecule is c1ccc(-c2ccc(-c3nc(-c4ccc(-c5ccccc5)cc4)nc(-c4ccc(C5(c6ccc7sc8ccccc8c7c6)c6ccccc6-c6ccccc65)cc4)n3)cc2)cc1. The van der Waals surface area contributed by atoms with Gasteiger partial charge in [0.15, 0.2) is 17.5 Å². The maximum Gasteiger partial charge on any atom is 0.164 e. The van der Waals surface area contributed by atoms with Gasteiger partial charge in [0.25, 0.3) is 0 Å². The summed E-state index contributed by atoms with van der Waals surface area (Å²) in [5.41, 5.74) is 14.4. The lowest BCUT2D eigenvalue weighted by molar-refractivity contribution is 0.770. The summed E-state index contributed by atoms with van der Waals surface area (Å²) in [4.78, 5) is 15.5. The number of benzene rings is 9. The van der Waals surface area contributed by atoms with Crippen molar-refractivity contribution in [3.8, 4) is 67.5 Å². The molecule has 11 aromatic rings. The fraction of sp³-hybridized carbons (Fsp3) is 0.0172. The second-order valence-corrected chi connectivity index (χ2v) is 17.0. The quantitative estimate of drug-likeness (QED) is 0.161. The zero-order valence-electron chi connectivity index (χ0n) is 33.6. The summed E-state index contributed by atoms with van der Waals surface area (Å²) in [5.74, 6) is 1.89. The smallest absolute Gasteiger partial charge is 0.164 e. The van der Waals surface area contributed by atoms with E-state index < -0.39 is 5.41 Å². The first-order valence-corrected chi connectivity index (χ1v) is 21.8. The fourth-order valence-corrected chi connectivity index (χ4v) is 10.6. The molecule has 0 radical (unpaired) electrons. The van der Waals surface area contributed by atoms with Gasteiger partial charge < -0.3 is 0 Å². The highest BCUT2D eigenvalue weighted by molar-refractivity contribution is 7.25. The Hall–Kier alpha value is -7.79. The van der Waals surface area contributed by atoms with Gasteiger partial charge in [0.2, 0.25) is 0 Å². The molecule has 9 aromatic carbocycles. The van der Waals surface area contributed by atoms with Crippen molar-refractivity contribution in [3.05, 3.63) is 247 Å². The molecule has 0 saturated heterocycles. The van der Waals surface area contributed by atoms with Crippen LogP contribution in [0.2, 0.25) is 0 Å². The van der Waals surface area contributed by atoms with Crippen molar-refractivity contribution in [1.82, 2.24) is 15.0 Å². The number of hydrogen-bond donors (Lipinski definition) is 0. The molecule has 0 amide bonds. The maximum absolute atomic E-state index is 5.18. The molecular weight excluding hydrogens is 771 g/mol. The van der Waals surface area contributed by atoms with Gasteiger partial charge in [-0.3, -0.25) is 0 Å². The first-order chi connectivity index (χ1) is 30.7. The van der Waals surface area contributed by atoms with Crippen LogP contribution in [-0.2, 0) is 5.41 Å². The maximum atomic E-state index is 5.18. The molecule has 62 heavy (non-hydrogen) atoms. The normalized spacial score (nSPS) is 12.6. The van der Waals surface area contributed by atoms with E-state index in [-0.39, 0.29) is 0 Å². The minimum absolute atomic E-state index is 0.542. The number of rotatable bonds is 7. The molecule has 2 aromatic heterocycles. The van der Waals surface area contributed by atoms with Crippen molar-refractivity contribution >= 4 is 31.5 Å². The van der Waals surface area contributed by atoms with Crippen LogP contribution in [0.15, 0.2) is 224 Å². The Morgan fingerprint density at radius 1 is 0.290 bits per heavy atom. The molecule has 12 rings (SSSR count). The Labute approximate surface area is 364 Å². The molecule has 1 aliphatic carbocycles. The minimum Gasteiger partial charge on any atom is -0.208 e. The molecule has 0 bridgehead atoms. The Balaban J connectivity index is 1.01. The number of thiophene rings is 1. The summed E-state index contributed by atoms with van der Waals surface area (Å²) >= 11 is 1.86. The Bertz CT molecular complexity index is 3280. The van der Waals surface area contributed by atoms with Crippen LogP contribution in [0, 0.1) is 0 Å². The predicted molar refractivity (Wildman–Crippen MR) is 257 cm³/mol. The van der Waals surface area contributed by atoms with Crippen LogP contribution in [0.1, 0.15) is 22.3 Å². The van der Waals surface area contributed by atoms with E-state index >= 15 is 0 Å². The van der Waals surface area contributed by atoms with Gasteiger partial charge in [-0.25, -0.2) is 15.0 Å². The zero-order chi connectivity index (χ0) is 41.0. The van der Waals surface area contributed by atoms with Gasteiger partial charge in [-0.2, -0.15) is 0 Å². The van der Waals surface area contributed by atoms with Crippen LogP contribution in [0.25, 0.3) is 87.7 Å². The topological polar surface area (TPSA) is 38.7 Å². The number of nitrogens with zero attached hydrogens (tertiary/aromatic N) is 3. The average molecular weight is 808 g/mol. The Morgan fingerprint density at radius 3 is 1.21 bits per heavy atom. The van der Waals surface area contributed by atoms with Crippen molar-refractivity contribution < 1.29 is 0 Å². The Morgan fingerprint density at radius 2 is 0.677 bits per heavy atom. The molecule has 2 heterocycles. The van der Waals surface area contributed by atoms with Crippen LogP contribution in [0.4, 0.5) is 0 Å². The Kier molecular flexibility index (Phi) is 8.58. The molecule has 0 spiro atoms. The van der Waals surface area contributed by atoms with Crippen LogP contribution in [0.5, 0.6) is 0 Å². The highest BCUT2D eigenvalue weighted by atomic mass is 32.1. The monoisotopic (exact) mass is 807 g/mol. The first-order valence-electron chi connectivity index (χ1n) is 21.0. The molecule has 290 valence electrons. The molecule has 3 nitrogen and oxygen atoms in total. The van der Waals surface area contributed by atoms with E-state index in [0.29, 0.717) is 17.5 Å². The summed E-state index contributed by atoms with van der Waals surface area (Å²) in [5, 5.41) is 2.59. The van der Waals surface area contributed by atoms with Gasteiger partial charge in [0.05, 0.1) is 5.41 Å². The number of hydrogen-bond acceptors (Lipinski definition) is 4. The molecule has 0 atom stereocenters. The molecule has 0 aliphatic heterocycles. The molecule has 0 saturated carbocycles. The summed E-state index contributed by atoms with van der Waals surface area (Å²) < 4.78 is 2.60. The number of aromatic nitrogens is 3. The molecule has 0 fully saturated rings. The predicted octanol–water partition coefficient (Wildman–Crippen LogP) is 14.9. The van der Waals surface area contributed by atoms with Crippen LogP contribution < -0.4 is 0 Å². The first kappa shape index (κ1) is 36.1. The largest absolute Gasteiger partial charge is 0.208 e. The van der Waals surface area contributed by atoms with Crippen LogP contribution in [0.3, 0.4) is 0 Å². The summed E-state index contributed by atoms with van der Waals surface area (Å²) in [6.07, 6.45) is 0. The minimum atomic E-state index is -0.542. The summed E-state index contributed by atoms with van der Waals surface area (Å²) in [6.45, 7) is 0. The lowest BCUT2D eigenvalue weighted by atomic mass is 9.67. The lowest BCUT2D eigenvalue weighted by Gasteiger charge is -2.34. The van der Waals surface area contributed by atoms with Crippen molar-refractivity contribution in [3.63, 3.8) is 0 Å². The van der Waals surface area contributed by atoms with E-state index in [2.05, 4.69) is 212 Å². The third kappa shape index (κ3) is 5.91. The highest BCUT2D eigenvalue weighted by Crippen LogP contribution is 2.56. The van der Waals surface area contributed by atoms with E-state index in [1.54, 1.807) is 0 Å². The van der Waals surface area contributed by atoms with E-state index in [1.807, 2.05) is 23.5 Å². The van der Waals surface area contributed by atoms with Crippen molar-refractivity contribution in [2.75, 3.05) is 0 Å². The molecular formula is C58H37N3S. The highest BCUT2D eigenvalue weighted by Gasteiger charge is 2.46. The average Bonchev–Trinajstić information content (AvgIpc) is 3.88. The zero-order valence-corrected chi connectivity index (χ0v) is 34.4.